The van der Waals surface area contributed by atoms with Gasteiger partial charge in [0.2, 0.25) is 0 Å². The third-order valence-corrected chi connectivity index (χ3v) is 1.83. The largest absolute Gasteiger partial charge is 0.387 e. The van der Waals surface area contributed by atoms with Crippen LogP contribution in [0.4, 0.5) is 0 Å². The third-order valence-electron chi connectivity index (χ3n) is 1.83. The van der Waals surface area contributed by atoms with Gasteiger partial charge < -0.3 is 5.73 Å². The zero-order chi connectivity index (χ0) is 6.85. The van der Waals surface area contributed by atoms with E-state index in [1.54, 1.807) is 0 Å². The van der Waals surface area contributed by atoms with E-state index >= 15 is 0 Å². The molecule has 2 heteroatoms. The maximum atomic E-state index is 5.63. The molecule has 2 nitrogen and oxygen atoms in total. The first-order chi connectivity index (χ1) is 4.25. The summed E-state index contributed by atoms with van der Waals surface area (Å²) in [4.78, 5) is 4.13. The van der Waals surface area contributed by atoms with Crippen molar-refractivity contribution in [3.63, 3.8) is 0 Å². The Bertz CT molecular complexity index is 129. The number of hydrogen-bond donors (Lipinski definition) is 1. The van der Waals surface area contributed by atoms with E-state index in [0.29, 0.717) is 5.92 Å². The van der Waals surface area contributed by atoms with Crippen molar-refractivity contribution in [2.24, 2.45) is 22.6 Å². The molecule has 52 valence electrons. The van der Waals surface area contributed by atoms with Gasteiger partial charge in [-0.15, -0.1) is 0 Å². The highest BCUT2D eigenvalue weighted by atomic mass is 14.9. The van der Waals surface area contributed by atoms with Crippen molar-refractivity contribution in [2.75, 3.05) is 6.54 Å². The number of amidine groups is 1. The second-order valence-electron chi connectivity index (χ2n) is 2.72. The summed E-state index contributed by atoms with van der Waals surface area (Å²) in [5.74, 6) is 2.27. The topological polar surface area (TPSA) is 38.4 Å². The highest BCUT2D eigenvalue weighted by molar-refractivity contribution is 5.85. The van der Waals surface area contributed by atoms with Crippen LogP contribution in [0.5, 0.6) is 0 Å². The molecule has 1 aliphatic rings. The van der Waals surface area contributed by atoms with E-state index in [-0.39, 0.29) is 0 Å². The monoisotopic (exact) mass is 126 g/mol. The predicted octanol–water partition coefficient (Wildman–Crippen LogP) is 1.02. The second kappa shape index (κ2) is 2.38. The van der Waals surface area contributed by atoms with Crippen LogP contribution in [0.2, 0.25) is 0 Å². The Kier molecular flexibility index (Phi) is 1.74. The molecule has 0 radical (unpaired) electrons. The summed E-state index contributed by atoms with van der Waals surface area (Å²) in [5.41, 5.74) is 5.63. The Labute approximate surface area is 56.2 Å². The summed E-state index contributed by atoms with van der Waals surface area (Å²) in [5, 5.41) is 0. The molecule has 0 spiro atoms. The van der Waals surface area contributed by atoms with Crippen molar-refractivity contribution in [1.82, 2.24) is 0 Å². The van der Waals surface area contributed by atoms with E-state index in [4.69, 9.17) is 5.73 Å². The molecule has 1 fully saturated rings. The lowest BCUT2D eigenvalue weighted by atomic mass is 10.3. The molecule has 2 atom stereocenters. The summed E-state index contributed by atoms with van der Waals surface area (Å²) in [7, 11) is 0. The highest BCUT2D eigenvalue weighted by Crippen LogP contribution is 2.37. The number of nitrogens with zero attached hydrogens (tertiary/aromatic N) is 1. The molecule has 0 aliphatic heterocycles. The van der Waals surface area contributed by atoms with Crippen molar-refractivity contribution >= 4 is 5.84 Å². The lowest BCUT2D eigenvalue weighted by molar-refractivity contribution is 0.910. The lowest BCUT2D eigenvalue weighted by Gasteiger charge is -1.93. The van der Waals surface area contributed by atoms with Gasteiger partial charge in [0.15, 0.2) is 0 Å². The molecular weight excluding hydrogens is 112 g/mol. The van der Waals surface area contributed by atoms with Crippen molar-refractivity contribution in [3.05, 3.63) is 0 Å². The molecule has 1 rings (SSSR count). The fourth-order valence-corrected chi connectivity index (χ4v) is 1.03. The van der Waals surface area contributed by atoms with Crippen molar-refractivity contribution in [3.8, 4) is 0 Å². The molecule has 2 N–H and O–H groups in total. The van der Waals surface area contributed by atoms with Crippen molar-refractivity contribution < 1.29 is 0 Å². The van der Waals surface area contributed by atoms with E-state index in [9.17, 15) is 0 Å². The molecule has 0 saturated heterocycles. The number of hydrogen-bond acceptors (Lipinski definition) is 1. The minimum absolute atomic E-state index is 0.616. The van der Waals surface area contributed by atoms with Gasteiger partial charge in [-0.05, 0) is 19.3 Å². The van der Waals surface area contributed by atoms with Gasteiger partial charge >= 0.3 is 0 Å². The van der Waals surface area contributed by atoms with Crippen LogP contribution in [0.1, 0.15) is 20.3 Å². The standard InChI is InChI=1S/C7H14N2/c1-3-9-7(8)6-4-5(6)2/h5-6H,3-4H2,1-2H3,(H2,8,9). The summed E-state index contributed by atoms with van der Waals surface area (Å²) < 4.78 is 0. The Balaban J connectivity index is 2.35. The summed E-state index contributed by atoms with van der Waals surface area (Å²) in [6.07, 6.45) is 1.25. The predicted molar refractivity (Wildman–Crippen MR) is 39.4 cm³/mol. The fourth-order valence-electron chi connectivity index (χ4n) is 1.03. The van der Waals surface area contributed by atoms with Crippen LogP contribution < -0.4 is 5.73 Å². The third kappa shape index (κ3) is 1.44. The number of nitrogens with two attached hydrogens (primary N) is 1. The summed E-state index contributed by atoms with van der Waals surface area (Å²) >= 11 is 0. The van der Waals surface area contributed by atoms with Crippen molar-refractivity contribution in [1.29, 1.82) is 0 Å². The van der Waals surface area contributed by atoms with Gasteiger partial charge in [0.1, 0.15) is 0 Å². The molecular formula is C7H14N2. The summed E-state index contributed by atoms with van der Waals surface area (Å²) in [6.45, 7) is 5.05. The van der Waals surface area contributed by atoms with Crippen LogP contribution in [0, 0.1) is 11.8 Å². The fraction of sp³-hybridized carbons (Fsp3) is 0.857. The Morgan fingerprint density at radius 3 is 2.67 bits per heavy atom. The molecule has 2 unspecified atom stereocenters. The van der Waals surface area contributed by atoms with Crippen LogP contribution in [-0.2, 0) is 0 Å². The lowest BCUT2D eigenvalue weighted by Crippen LogP contribution is -2.15. The second-order valence-corrected chi connectivity index (χ2v) is 2.72. The molecule has 1 saturated carbocycles. The Morgan fingerprint density at radius 1 is 1.78 bits per heavy atom. The highest BCUT2D eigenvalue weighted by Gasteiger charge is 2.35. The zero-order valence-electron chi connectivity index (χ0n) is 6.09. The molecule has 0 aromatic carbocycles. The molecule has 1 aliphatic carbocycles. The minimum atomic E-state index is 0.616. The average molecular weight is 126 g/mol. The van der Waals surface area contributed by atoms with Crippen LogP contribution in [-0.4, -0.2) is 12.4 Å². The molecule has 0 amide bonds. The maximum Gasteiger partial charge on any atom is 0.0971 e. The van der Waals surface area contributed by atoms with E-state index < -0.39 is 0 Å². The van der Waals surface area contributed by atoms with Crippen LogP contribution >= 0.6 is 0 Å². The van der Waals surface area contributed by atoms with Gasteiger partial charge in [-0.2, -0.15) is 0 Å². The summed E-state index contributed by atoms with van der Waals surface area (Å²) in [6, 6.07) is 0. The van der Waals surface area contributed by atoms with Gasteiger partial charge in [-0.3, -0.25) is 4.99 Å². The van der Waals surface area contributed by atoms with E-state index in [1.165, 1.54) is 6.42 Å². The Morgan fingerprint density at radius 2 is 2.33 bits per heavy atom. The average Bonchev–Trinajstić information content (AvgIpc) is 2.47. The van der Waals surface area contributed by atoms with Gasteiger partial charge in [0, 0.05) is 12.5 Å². The molecule has 9 heavy (non-hydrogen) atoms. The smallest absolute Gasteiger partial charge is 0.0971 e. The van der Waals surface area contributed by atoms with E-state index in [1.807, 2.05) is 6.92 Å². The zero-order valence-corrected chi connectivity index (χ0v) is 6.09. The Hall–Kier alpha value is -0.530. The van der Waals surface area contributed by atoms with E-state index in [2.05, 4.69) is 11.9 Å². The van der Waals surface area contributed by atoms with Crippen LogP contribution in [0.15, 0.2) is 4.99 Å². The number of aliphatic imine (C=N–C) groups is 1. The number of rotatable bonds is 2. The molecule has 0 aromatic rings. The van der Waals surface area contributed by atoms with Gasteiger partial charge in [-0.1, -0.05) is 6.92 Å². The van der Waals surface area contributed by atoms with Crippen LogP contribution in [0.25, 0.3) is 0 Å². The van der Waals surface area contributed by atoms with Gasteiger partial charge in [0.05, 0.1) is 5.84 Å². The molecule has 0 heterocycles. The quantitative estimate of drug-likeness (QED) is 0.435. The first-order valence-electron chi connectivity index (χ1n) is 3.55. The normalized spacial score (nSPS) is 34.7. The SMILES string of the molecule is CCN=C(N)C1CC1C. The molecule has 0 bridgehead atoms. The van der Waals surface area contributed by atoms with Crippen molar-refractivity contribution in [2.45, 2.75) is 20.3 Å². The first-order valence-corrected chi connectivity index (χ1v) is 3.55. The van der Waals surface area contributed by atoms with Gasteiger partial charge in [-0.25, -0.2) is 0 Å². The maximum absolute atomic E-state index is 5.63. The van der Waals surface area contributed by atoms with Gasteiger partial charge in [0.25, 0.3) is 0 Å². The first kappa shape index (κ1) is 6.59. The van der Waals surface area contributed by atoms with E-state index in [0.717, 1.165) is 18.3 Å². The minimum Gasteiger partial charge on any atom is -0.387 e. The molecule has 0 aromatic heterocycles. The van der Waals surface area contributed by atoms with Crippen LogP contribution in [0.3, 0.4) is 0 Å².